The Balaban J connectivity index is 2.02. The third kappa shape index (κ3) is 3.67. The Morgan fingerprint density at radius 2 is 1.96 bits per heavy atom. The number of amides is 2. The van der Waals surface area contributed by atoms with Crippen LogP contribution >= 0.6 is 12.2 Å². The molecule has 0 aliphatic carbocycles. The van der Waals surface area contributed by atoms with Crippen molar-refractivity contribution in [3.8, 4) is 17.2 Å². The van der Waals surface area contributed by atoms with Gasteiger partial charge in [-0.1, -0.05) is 18.2 Å². The van der Waals surface area contributed by atoms with Crippen LogP contribution in [0.3, 0.4) is 0 Å². The first-order chi connectivity index (χ1) is 13.5. The summed E-state index contributed by atoms with van der Waals surface area (Å²) in [5.41, 5.74) is 0.564. The lowest BCUT2D eigenvalue weighted by molar-refractivity contribution is -0.122. The van der Waals surface area contributed by atoms with Crippen molar-refractivity contribution in [1.29, 1.82) is 0 Å². The zero-order valence-corrected chi connectivity index (χ0v) is 16.1. The van der Waals surface area contributed by atoms with Crippen LogP contribution in [0.15, 0.2) is 48.0 Å². The first-order valence-electron chi connectivity index (χ1n) is 8.46. The molecule has 0 aromatic heterocycles. The lowest BCUT2D eigenvalue weighted by atomic mass is 10.1. The van der Waals surface area contributed by atoms with Gasteiger partial charge >= 0.3 is 0 Å². The minimum absolute atomic E-state index is 0.0318. The standard InChI is InChI=1S/C20H18N2O5S/c1-3-27-14-8-5-7-13(11-14)22-19(25)15(18(24)21-20(22)28)10-12-6-4-9-16(26-2)17(12)23/h4-11,23H,3H2,1-2H3,(H,21,24,28)/b15-10-. The SMILES string of the molecule is CCOc1cccc(N2C(=O)/C(=C\c3cccc(OC)c3O)C(=O)NC2=S)c1. The molecule has 0 saturated carbocycles. The number of hydrogen-bond donors (Lipinski definition) is 2. The number of thiocarbonyl (C=S) groups is 1. The Bertz CT molecular complexity index is 986. The van der Waals surface area contributed by atoms with Crippen molar-refractivity contribution in [2.75, 3.05) is 18.6 Å². The molecule has 1 heterocycles. The fourth-order valence-corrected chi connectivity index (χ4v) is 3.03. The number of para-hydroxylation sites is 1. The number of rotatable bonds is 5. The van der Waals surface area contributed by atoms with Gasteiger partial charge < -0.3 is 14.6 Å². The molecule has 28 heavy (non-hydrogen) atoms. The molecule has 2 aromatic carbocycles. The van der Waals surface area contributed by atoms with E-state index in [-0.39, 0.29) is 27.7 Å². The van der Waals surface area contributed by atoms with Gasteiger partial charge in [0.25, 0.3) is 11.8 Å². The van der Waals surface area contributed by atoms with E-state index in [1.807, 2.05) is 6.92 Å². The average molecular weight is 398 g/mol. The molecule has 8 heteroatoms. The summed E-state index contributed by atoms with van der Waals surface area (Å²) in [4.78, 5) is 26.6. The summed E-state index contributed by atoms with van der Waals surface area (Å²) < 4.78 is 10.5. The topological polar surface area (TPSA) is 88.1 Å². The number of hydrogen-bond acceptors (Lipinski definition) is 6. The monoisotopic (exact) mass is 398 g/mol. The number of aromatic hydroxyl groups is 1. The van der Waals surface area contributed by atoms with E-state index in [9.17, 15) is 14.7 Å². The van der Waals surface area contributed by atoms with Gasteiger partial charge in [0.2, 0.25) is 0 Å². The molecule has 0 spiro atoms. The molecular weight excluding hydrogens is 380 g/mol. The second kappa shape index (κ2) is 8.10. The molecule has 7 nitrogen and oxygen atoms in total. The van der Waals surface area contributed by atoms with Crippen molar-refractivity contribution in [1.82, 2.24) is 5.32 Å². The molecule has 3 rings (SSSR count). The third-order valence-electron chi connectivity index (χ3n) is 4.04. The van der Waals surface area contributed by atoms with Crippen LogP contribution in [-0.2, 0) is 9.59 Å². The minimum Gasteiger partial charge on any atom is -0.504 e. The smallest absolute Gasteiger partial charge is 0.270 e. The van der Waals surface area contributed by atoms with Gasteiger partial charge in [0.05, 0.1) is 19.4 Å². The van der Waals surface area contributed by atoms with Crippen LogP contribution in [0.1, 0.15) is 12.5 Å². The molecule has 2 amide bonds. The van der Waals surface area contributed by atoms with E-state index in [4.69, 9.17) is 21.7 Å². The fourth-order valence-electron chi connectivity index (χ4n) is 2.75. The molecule has 2 N–H and O–H groups in total. The Kier molecular flexibility index (Phi) is 5.60. The van der Waals surface area contributed by atoms with Crippen molar-refractivity contribution in [3.05, 3.63) is 53.6 Å². The van der Waals surface area contributed by atoms with Gasteiger partial charge in [0, 0.05) is 11.6 Å². The normalized spacial score (nSPS) is 15.6. The fraction of sp³-hybridized carbons (Fsp3) is 0.150. The van der Waals surface area contributed by atoms with Crippen LogP contribution in [0.5, 0.6) is 17.2 Å². The van der Waals surface area contributed by atoms with Crippen LogP contribution in [-0.4, -0.2) is 35.8 Å². The summed E-state index contributed by atoms with van der Waals surface area (Å²) in [5.74, 6) is -0.617. The van der Waals surface area contributed by atoms with Crippen LogP contribution in [0.25, 0.3) is 6.08 Å². The Morgan fingerprint density at radius 1 is 1.21 bits per heavy atom. The van der Waals surface area contributed by atoms with Crippen molar-refractivity contribution in [3.63, 3.8) is 0 Å². The zero-order valence-electron chi connectivity index (χ0n) is 15.3. The number of carbonyl (C=O) groups is 2. The van der Waals surface area contributed by atoms with E-state index in [0.29, 0.717) is 18.0 Å². The zero-order chi connectivity index (χ0) is 20.3. The molecule has 1 aliphatic heterocycles. The van der Waals surface area contributed by atoms with E-state index in [1.165, 1.54) is 18.1 Å². The minimum atomic E-state index is -0.644. The molecule has 0 radical (unpaired) electrons. The Labute approximate surface area is 167 Å². The highest BCUT2D eigenvalue weighted by Crippen LogP contribution is 2.32. The van der Waals surface area contributed by atoms with Crippen LogP contribution in [0, 0.1) is 0 Å². The molecule has 1 fully saturated rings. The highest BCUT2D eigenvalue weighted by atomic mass is 32.1. The number of nitrogens with one attached hydrogen (secondary N) is 1. The highest BCUT2D eigenvalue weighted by Gasteiger charge is 2.34. The summed E-state index contributed by atoms with van der Waals surface area (Å²) >= 11 is 5.19. The summed E-state index contributed by atoms with van der Waals surface area (Å²) in [5, 5.41) is 12.7. The van der Waals surface area contributed by atoms with Gasteiger partial charge in [0.1, 0.15) is 11.3 Å². The molecule has 2 aromatic rings. The van der Waals surface area contributed by atoms with Gasteiger partial charge in [0.15, 0.2) is 16.6 Å². The number of carbonyl (C=O) groups excluding carboxylic acids is 2. The Hall–Kier alpha value is -3.39. The van der Waals surface area contributed by atoms with Crippen molar-refractivity contribution in [2.24, 2.45) is 0 Å². The highest BCUT2D eigenvalue weighted by molar-refractivity contribution is 7.80. The van der Waals surface area contributed by atoms with Gasteiger partial charge in [-0.15, -0.1) is 0 Å². The van der Waals surface area contributed by atoms with Crippen molar-refractivity contribution >= 4 is 40.9 Å². The summed E-state index contributed by atoms with van der Waals surface area (Å²) in [6.45, 7) is 2.32. The number of nitrogens with zero attached hydrogens (tertiary/aromatic N) is 1. The van der Waals surface area contributed by atoms with Gasteiger partial charge in [-0.05, 0) is 43.4 Å². The van der Waals surface area contributed by atoms with Crippen LogP contribution in [0.4, 0.5) is 5.69 Å². The molecule has 0 unspecified atom stereocenters. The van der Waals surface area contributed by atoms with E-state index >= 15 is 0 Å². The number of benzene rings is 2. The quantitative estimate of drug-likeness (QED) is 0.457. The summed E-state index contributed by atoms with van der Waals surface area (Å²) in [6, 6.07) is 11.6. The summed E-state index contributed by atoms with van der Waals surface area (Å²) in [7, 11) is 1.41. The number of anilines is 1. The van der Waals surface area contributed by atoms with E-state index in [2.05, 4.69) is 5.32 Å². The van der Waals surface area contributed by atoms with Crippen molar-refractivity contribution in [2.45, 2.75) is 6.92 Å². The van der Waals surface area contributed by atoms with E-state index in [1.54, 1.807) is 42.5 Å². The maximum Gasteiger partial charge on any atom is 0.270 e. The van der Waals surface area contributed by atoms with E-state index < -0.39 is 11.8 Å². The third-order valence-corrected chi connectivity index (χ3v) is 4.32. The largest absolute Gasteiger partial charge is 0.504 e. The lowest BCUT2D eigenvalue weighted by Crippen LogP contribution is -2.54. The summed E-state index contributed by atoms with van der Waals surface area (Å²) in [6.07, 6.45) is 1.30. The molecule has 1 saturated heterocycles. The number of phenols is 1. The predicted octanol–water partition coefficient (Wildman–Crippen LogP) is 2.63. The number of phenolic OH excluding ortho intramolecular Hbond substituents is 1. The van der Waals surface area contributed by atoms with Crippen LogP contribution in [0.2, 0.25) is 0 Å². The molecule has 1 aliphatic rings. The predicted molar refractivity (Wildman–Crippen MR) is 108 cm³/mol. The van der Waals surface area contributed by atoms with Crippen molar-refractivity contribution < 1.29 is 24.2 Å². The average Bonchev–Trinajstić information content (AvgIpc) is 2.67. The molecular formula is C20H18N2O5S. The maximum absolute atomic E-state index is 13.0. The molecule has 0 atom stereocenters. The molecule has 144 valence electrons. The molecule has 0 bridgehead atoms. The number of ether oxygens (including phenoxy) is 2. The second-order valence-electron chi connectivity index (χ2n) is 5.79. The van der Waals surface area contributed by atoms with Gasteiger partial charge in [-0.25, -0.2) is 0 Å². The van der Waals surface area contributed by atoms with Gasteiger partial charge in [-0.2, -0.15) is 0 Å². The number of methoxy groups -OCH3 is 1. The second-order valence-corrected chi connectivity index (χ2v) is 6.17. The van der Waals surface area contributed by atoms with Gasteiger partial charge in [-0.3, -0.25) is 19.8 Å². The first kappa shape index (κ1) is 19.4. The van der Waals surface area contributed by atoms with E-state index in [0.717, 1.165) is 0 Å². The lowest BCUT2D eigenvalue weighted by Gasteiger charge is -2.29. The Morgan fingerprint density at radius 3 is 2.68 bits per heavy atom. The maximum atomic E-state index is 13.0. The van der Waals surface area contributed by atoms with Crippen LogP contribution < -0.4 is 19.7 Å². The first-order valence-corrected chi connectivity index (χ1v) is 8.87.